The number of hydrogen-bond donors (Lipinski definition) is 3. The number of hydrogen-bond acceptors (Lipinski definition) is 3. The Hall–Kier alpha value is -1.75. The van der Waals surface area contributed by atoms with Crippen LogP contribution in [0.4, 0.5) is 10.5 Å². The van der Waals surface area contributed by atoms with Crippen LogP contribution in [0.15, 0.2) is 30.3 Å². The van der Waals surface area contributed by atoms with E-state index in [2.05, 4.69) is 16.0 Å². The fraction of sp³-hybridized carbons (Fsp3) is 0.533. The summed E-state index contributed by atoms with van der Waals surface area (Å²) < 4.78 is 5.44. The molecule has 1 saturated heterocycles. The molecule has 20 heavy (non-hydrogen) atoms. The molecule has 1 aromatic carbocycles. The topological polar surface area (TPSA) is 62.4 Å². The van der Waals surface area contributed by atoms with Gasteiger partial charge in [0.05, 0.1) is 6.10 Å². The van der Waals surface area contributed by atoms with Crippen molar-refractivity contribution in [3.63, 3.8) is 0 Å². The quantitative estimate of drug-likeness (QED) is 0.668. The Balaban J connectivity index is 1.47. The molecule has 1 aliphatic heterocycles. The first-order chi connectivity index (χ1) is 9.84. The summed E-state index contributed by atoms with van der Waals surface area (Å²) in [5.41, 5.74) is 1.11. The molecule has 5 heteroatoms. The van der Waals surface area contributed by atoms with E-state index in [9.17, 15) is 4.79 Å². The minimum absolute atomic E-state index is 0.111. The highest BCUT2D eigenvalue weighted by Gasteiger charge is 2.15. The van der Waals surface area contributed by atoms with E-state index in [1.807, 2.05) is 30.3 Å². The highest BCUT2D eigenvalue weighted by molar-refractivity contribution is 5.73. The molecule has 0 aromatic heterocycles. The van der Waals surface area contributed by atoms with Crippen LogP contribution < -0.4 is 16.0 Å². The number of nitrogens with one attached hydrogen (secondary N) is 3. The lowest BCUT2D eigenvalue weighted by atomic mass is 10.2. The summed E-state index contributed by atoms with van der Waals surface area (Å²) in [6, 6.07) is 9.94. The first-order valence-electron chi connectivity index (χ1n) is 7.27. The summed E-state index contributed by atoms with van der Waals surface area (Å²) in [7, 11) is 0. The van der Waals surface area contributed by atoms with Crippen molar-refractivity contribution in [2.75, 3.05) is 31.6 Å². The molecule has 1 fully saturated rings. The molecule has 2 rings (SSSR count). The zero-order valence-corrected chi connectivity index (χ0v) is 11.7. The molecule has 1 aliphatic rings. The summed E-state index contributed by atoms with van der Waals surface area (Å²) in [6.45, 7) is 2.93. The van der Waals surface area contributed by atoms with Gasteiger partial charge in [0.1, 0.15) is 0 Å². The molecule has 5 nitrogen and oxygen atoms in total. The summed E-state index contributed by atoms with van der Waals surface area (Å²) in [5.74, 6) is 0. The Morgan fingerprint density at radius 2 is 2.05 bits per heavy atom. The van der Waals surface area contributed by atoms with Gasteiger partial charge >= 0.3 is 6.03 Å². The normalized spacial score (nSPS) is 17.7. The number of carbonyl (C=O) groups excluding carboxylic acids is 1. The van der Waals surface area contributed by atoms with E-state index in [1.165, 1.54) is 0 Å². The van der Waals surface area contributed by atoms with Gasteiger partial charge in [0.2, 0.25) is 0 Å². The van der Waals surface area contributed by atoms with E-state index >= 15 is 0 Å². The Bertz CT molecular complexity index is 391. The average molecular weight is 277 g/mol. The second kappa shape index (κ2) is 8.43. The SMILES string of the molecule is O=C(NCCCNc1ccccc1)NC[C@@H]1CCCO1. The van der Waals surface area contributed by atoms with Crippen LogP contribution in [0.3, 0.4) is 0 Å². The number of benzene rings is 1. The lowest BCUT2D eigenvalue weighted by Gasteiger charge is -2.12. The Morgan fingerprint density at radius 3 is 2.80 bits per heavy atom. The molecule has 1 aromatic rings. The maximum absolute atomic E-state index is 11.5. The summed E-state index contributed by atoms with van der Waals surface area (Å²) in [6.07, 6.45) is 3.23. The molecular weight excluding hydrogens is 254 g/mol. The van der Waals surface area contributed by atoms with Crippen molar-refractivity contribution < 1.29 is 9.53 Å². The van der Waals surface area contributed by atoms with Crippen LogP contribution in [0.25, 0.3) is 0 Å². The van der Waals surface area contributed by atoms with E-state index in [1.54, 1.807) is 0 Å². The van der Waals surface area contributed by atoms with Crippen LogP contribution in [0.5, 0.6) is 0 Å². The molecule has 0 radical (unpaired) electrons. The maximum atomic E-state index is 11.5. The average Bonchev–Trinajstić information content (AvgIpc) is 2.99. The first kappa shape index (κ1) is 14.7. The predicted octanol–water partition coefficient (Wildman–Crippen LogP) is 1.97. The van der Waals surface area contributed by atoms with E-state index in [4.69, 9.17) is 4.74 Å². The lowest BCUT2D eigenvalue weighted by molar-refractivity contribution is 0.111. The van der Waals surface area contributed by atoms with Gasteiger partial charge in [0.15, 0.2) is 0 Å². The van der Waals surface area contributed by atoms with Crippen molar-refractivity contribution >= 4 is 11.7 Å². The second-order valence-corrected chi connectivity index (χ2v) is 4.92. The third-order valence-electron chi connectivity index (χ3n) is 3.26. The van der Waals surface area contributed by atoms with Crippen LogP contribution in [0.2, 0.25) is 0 Å². The number of urea groups is 1. The Kier molecular flexibility index (Phi) is 6.17. The summed E-state index contributed by atoms with van der Waals surface area (Å²) in [5, 5.41) is 8.99. The summed E-state index contributed by atoms with van der Waals surface area (Å²) >= 11 is 0. The molecule has 1 atom stereocenters. The van der Waals surface area contributed by atoms with Crippen LogP contribution in [-0.4, -0.2) is 38.4 Å². The minimum Gasteiger partial charge on any atom is -0.385 e. The molecule has 1 heterocycles. The monoisotopic (exact) mass is 277 g/mol. The van der Waals surface area contributed by atoms with Gasteiger partial charge in [-0.2, -0.15) is 0 Å². The van der Waals surface area contributed by atoms with Crippen molar-refractivity contribution in [2.24, 2.45) is 0 Å². The van der Waals surface area contributed by atoms with Crippen LogP contribution in [0.1, 0.15) is 19.3 Å². The van der Waals surface area contributed by atoms with Crippen molar-refractivity contribution in [3.8, 4) is 0 Å². The standard InChI is InChI=1S/C15H23N3O2/c19-15(18-12-14-8-4-11-20-14)17-10-5-9-16-13-6-2-1-3-7-13/h1-3,6-7,14,16H,4-5,8-12H2,(H2,17,18,19)/t14-/m0/s1. The third kappa shape index (κ3) is 5.48. The first-order valence-corrected chi connectivity index (χ1v) is 7.27. The second-order valence-electron chi connectivity index (χ2n) is 4.92. The number of anilines is 1. The van der Waals surface area contributed by atoms with Gasteiger partial charge in [-0.25, -0.2) is 4.79 Å². The van der Waals surface area contributed by atoms with Gasteiger partial charge in [0, 0.05) is 31.9 Å². The zero-order chi connectivity index (χ0) is 14.0. The van der Waals surface area contributed by atoms with Crippen molar-refractivity contribution in [1.29, 1.82) is 0 Å². The van der Waals surface area contributed by atoms with Gasteiger partial charge in [0.25, 0.3) is 0 Å². The summed E-state index contributed by atoms with van der Waals surface area (Å²) in [4.78, 5) is 11.5. The molecular formula is C15H23N3O2. The van der Waals surface area contributed by atoms with Crippen molar-refractivity contribution in [3.05, 3.63) is 30.3 Å². The van der Waals surface area contributed by atoms with E-state index < -0.39 is 0 Å². The number of rotatable bonds is 7. The van der Waals surface area contributed by atoms with Crippen LogP contribution >= 0.6 is 0 Å². The molecule has 0 saturated carbocycles. The van der Waals surface area contributed by atoms with Gasteiger partial charge in [-0.05, 0) is 31.4 Å². The van der Waals surface area contributed by atoms with E-state index in [0.29, 0.717) is 13.1 Å². The van der Waals surface area contributed by atoms with Crippen LogP contribution in [-0.2, 0) is 4.74 Å². The van der Waals surface area contributed by atoms with E-state index in [-0.39, 0.29) is 12.1 Å². The highest BCUT2D eigenvalue weighted by atomic mass is 16.5. The highest BCUT2D eigenvalue weighted by Crippen LogP contribution is 2.10. The lowest BCUT2D eigenvalue weighted by Crippen LogP contribution is -2.40. The molecule has 0 bridgehead atoms. The molecule has 110 valence electrons. The van der Waals surface area contributed by atoms with Gasteiger partial charge in [-0.1, -0.05) is 18.2 Å². The van der Waals surface area contributed by atoms with Gasteiger partial charge < -0.3 is 20.7 Å². The largest absolute Gasteiger partial charge is 0.385 e. The smallest absolute Gasteiger partial charge is 0.314 e. The molecule has 2 amide bonds. The number of carbonyl (C=O) groups is 1. The minimum atomic E-state index is -0.111. The van der Waals surface area contributed by atoms with Gasteiger partial charge in [-0.3, -0.25) is 0 Å². The number of amides is 2. The number of para-hydroxylation sites is 1. The van der Waals surface area contributed by atoms with E-state index in [0.717, 1.165) is 38.1 Å². The third-order valence-corrected chi connectivity index (χ3v) is 3.26. The molecule has 0 aliphatic carbocycles. The molecule has 3 N–H and O–H groups in total. The molecule has 0 unspecified atom stereocenters. The molecule has 0 spiro atoms. The predicted molar refractivity (Wildman–Crippen MR) is 79.9 cm³/mol. The van der Waals surface area contributed by atoms with Gasteiger partial charge in [-0.15, -0.1) is 0 Å². The fourth-order valence-corrected chi connectivity index (χ4v) is 2.15. The fourth-order valence-electron chi connectivity index (χ4n) is 2.15. The zero-order valence-electron chi connectivity index (χ0n) is 11.7. The van der Waals surface area contributed by atoms with Crippen molar-refractivity contribution in [1.82, 2.24) is 10.6 Å². The van der Waals surface area contributed by atoms with Crippen LogP contribution in [0, 0.1) is 0 Å². The number of ether oxygens (including phenoxy) is 1. The Morgan fingerprint density at radius 1 is 1.20 bits per heavy atom. The van der Waals surface area contributed by atoms with Crippen molar-refractivity contribution in [2.45, 2.75) is 25.4 Å². The maximum Gasteiger partial charge on any atom is 0.314 e. The Labute approximate surface area is 120 Å².